The lowest BCUT2D eigenvalue weighted by Crippen LogP contribution is -2.50. The molecule has 1 aliphatic heterocycles. The summed E-state index contributed by atoms with van der Waals surface area (Å²) in [6.45, 7) is 0.502. The average Bonchev–Trinajstić information content (AvgIpc) is 2.38. The van der Waals surface area contributed by atoms with E-state index in [0.717, 1.165) is 0 Å². The van der Waals surface area contributed by atoms with Crippen LogP contribution in [0.2, 0.25) is 0 Å². The van der Waals surface area contributed by atoms with Crippen LogP contribution in [0, 0.1) is 5.92 Å². The molecular weight excluding hydrogens is 260 g/mol. The van der Waals surface area contributed by atoms with E-state index in [-0.39, 0.29) is 44.7 Å². The molecule has 1 N–H and O–H groups in total. The fourth-order valence-corrected chi connectivity index (χ4v) is 2.54. The summed E-state index contributed by atoms with van der Waals surface area (Å²) in [5.41, 5.74) is 0. The van der Waals surface area contributed by atoms with E-state index in [1.165, 1.54) is 4.90 Å². The summed E-state index contributed by atoms with van der Waals surface area (Å²) in [6.07, 6.45) is -1.21. The Kier molecular flexibility index (Phi) is 4.03. The van der Waals surface area contributed by atoms with Gasteiger partial charge < -0.3 is 14.7 Å². The van der Waals surface area contributed by atoms with Crippen molar-refractivity contribution in [2.24, 2.45) is 5.92 Å². The van der Waals surface area contributed by atoms with Crippen molar-refractivity contribution in [1.82, 2.24) is 4.90 Å². The Labute approximate surface area is 109 Å². The molecule has 1 aliphatic carbocycles. The molecule has 1 atom stereocenters. The van der Waals surface area contributed by atoms with Crippen LogP contribution in [0.5, 0.6) is 0 Å². The van der Waals surface area contributed by atoms with Crippen molar-refractivity contribution in [1.29, 1.82) is 0 Å². The SMILES string of the molecule is O=C(O)C1CN(C(=O)C2CCC(F)(F)CC2)CCO1. The van der Waals surface area contributed by atoms with E-state index in [2.05, 4.69) is 0 Å². The Morgan fingerprint density at radius 3 is 2.47 bits per heavy atom. The first-order valence-corrected chi connectivity index (χ1v) is 6.40. The fourth-order valence-electron chi connectivity index (χ4n) is 2.54. The number of carbonyl (C=O) groups excluding carboxylic acids is 1. The van der Waals surface area contributed by atoms with Crippen molar-refractivity contribution in [3.05, 3.63) is 0 Å². The van der Waals surface area contributed by atoms with E-state index >= 15 is 0 Å². The number of nitrogens with zero attached hydrogens (tertiary/aromatic N) is 1. The van der Waals surface area contributed by atoms with Crippen molar-refractivity contribution in [3.63, 3.8) is 0 Å². The third kappa shape index (κ3) is 3.40. The van der Waals surface area contributed by atoms with Crippen LogP contribution in [-0.2, 0) is 14.3 Å². The molecule has 0 aromatic rings. The number of hydrogen-bond acceptors (Lipinski definition) is 3. The lowest BCUT2D eigenvalue weighted by Gasteiger charge is -2.35. The summed E-state index contributed by atoms with van der Waals surface area (Å²) in [5.74, 6) is -4.39. The monoisotopic (exact) mass is 277 g/mol. The Bertz CT molecular complexity index is 365. The number of carboxylic acids is 1. The molecule has 1 saturated heterocycles. The zero-order chi connectivity index (χ0) is 14.0. The third-order valence-electron chi connectivity index (χ3n) is 3.72. The Morgan fingerprint density at radius 2 is 1.89 bits per heavy atom. The molecule has 19 heavy (non-hydrogen) atoms. The molecule has 1 heterocycles. The van der Waals surface area contributed by atoms with Crippen LogP contribution in [0.3, 0.4) is 0 Å². The number of hydrogen-bond donors (Lipinski definition) is 1. The van der Waals surface area contributed by atoms with Gasteiger partial charge in [0.25, 0.3) is 0 Å². The topological polar surface area (TPSA) is 66.8 Å². The smallest absolute Gasteiger partial charge is 0.334 e. The minimum absolute atomic E-state index is 0.00105. The number of rotatable bonds is 2. The number of halogens is 2. The second-order valence-corrected chi connectivity index (χ2v) is 5.11. The van der Waals surface area contributed by atoms with Crippen molar-refractivity contribution in [2.75, 3.05) is 19.7 Å². The van der Waals surface area contributed by atoms with Crippen molar-refractivity contribution in [2.45, 2.75) is 37.7 Å². The maximum atomic E-state index is 13.0. The van der Waals surface area contributed by atoms with Gasteiger partial charge in [-0.25, -0.2) is 13.6 Å². The summed E-state index contributed by atoms with van der Waals surface area (Å²) in [5, 5.41) is 8.85. The normalized spacial score (nSPS) is 28.1. The summed E-state index contributed by atoms with van der Waals surface area (Å²) in [6, 6.07) is 0. The van der Waals surface area contributed by atoms with Crippen LogP contribution in [-0.4, -0.2) is 53.6 Å². The number of aliphatic carboxylic acids is 1. The molecule has 1 unspecified atom stereocenters. The van der Waals surface area contributed by atoms with Crippen molar-refractivity contribution >= 4 is 11.9 Å². The van der Waals surface area contributed by atoms with Crippen LogP contribution < -0.4 is 0 Å². The fraction of sp³-hybridized carbons (Fsp3) is 0.833. The lowest BCUT2D eigenvalue weighted by atomic mass is 9.85. The number of carboxylic acid groups (broad SMARTS) is 1. The standard InChI is InChI=1S/C12H17F2NO4/c13-12(14)3-1-8(2-4-12)10(16)15-5-6-19-9(7-15)11(17)18/h8-9H,1-7H2,(H,17,18). The van der Waals surface area contributed by atoms with E-state index in [1.54, 1.807) is 0 Å². The molecule has 0 aromatic carbocycles. The number of alkyl halides is 2. The first kappa shape index (κ1) is 14.2. The molecule has 1 amide bonds. The largest absolute Gasteiger partial charge is 0.479 e. The van der Waals surface area contributed by atoms with E-state index < -0.39 is 23.9 Å². The van der Waals surface area contributed by atoms with Crippen LogP contribution in [0.1, 0.15) is 25.7 Å². The molecule has 0 bridgehead atoms. The maximum Gasteiger partial charge on any atom is 0.334 e. The second-order valence-electron chi connectivity index (χ2n) is 5.11. The number of amides is 1. The van der Waals surface area contributed by atoms with Gasteiger partial charge in [0, 0.05) is 25.3 Å². The summed E-state index contributed by atoms with van der Waals surface area (Å²) >= 11 is 0. The first-order valence-electron chi connectivity index (χ1n) is 6.40. The van der Waals surface area contributed by atoms with E-state index in [4.69, 9.17) is 9.84 Å². The number of morpholine rings is 1. The predicted molar refractivity (Wildman–Crippen MR) is 60.9 cm³/mol. The molecule has 0 aromatic heterocycles. The molecule has 2 fully saturated rings. The highest BCUT2D eigenvalue weighted by atomic mass is 19.3. The van der Waals surface area contributed by atoms with Gasteiger partial charge in [-0.1, -0.05) is 0 Å². The number of ether oxygens (including phenoxy) is 1. The molecule has 2 rings (SSSR count). The van der Waals surface area contributed by atoms with Crippen LogP contribution in [0.15, 0.2) is 0 Å². The van der Waals surface area contributed by atoms with Crippen LogP contribution in [0.25, 0.3) is 0 Å². The Balaban J connectivity index is 1.91. The molecule has 7 heteroatoms. The van der Waals surface area contributed by atoms with Crippen molar-refractivity contribution in [3.8, 4) is 0 Å². The van der Waals surface area contributed by atoms with E-state index in [9.17, 15) is 18.4 Å². The van der Waals surface area contributed by atoms with Gasteiger partial charge in [0.05, 0.1) is 13.2 Å². The molecule has 1 saturated carbocycles. The highest BCUT2D eigenvalue weighted by Gasteiger charge is 2.40. The van der Waals surface area contributed by atoms with Crippen LogP contribution in [0.4, 0.5) is 8.78 Å². The Morgan fingerprint density at radius 1 is 1.26 bits per heavy atom. The molecule has 5 nitrogen and oxygen atoms in total. The molecular formula is C12H17F2NO4. The lowest BCUT2D eigenvalue weighted by molar-refractivity contribution is -0.161. The van der Waals surface area contributed by atoms with Gasteiger partial charge in [-0.2, -0.15) is 0 Å². The molecule has 2 aliphatic rings. The molecule has 0 radical (unpaired) electrons. The van der Waals surface area contributed by atoms with Gasteiger partial charge in [0.1, 0.15) is 0 Å². The third-order valence-corrected chi connectivity index (χ3v) is 3.72. The summed E-state index contributed by atoms with van der Waals surface area (Å²) in [4.78, 5) is 24.4. The van der Waals surface area contributed by atoms with Gasteiger partial charge >= 0.3 is 5.97 Å². The van der Waals surface area contributed by atoms with E-state index in [0.29, 0.717) is 6.54 Å². The quantitative estimate of drug-likeness (QED) is 0.821. The van der Waals surface area contributed by atoms with Crippen LogP contribution >= 0.6 is 0 Å². The predicted octanol–water partition coefficient (Wildman–Crippen LogP) is 1.12. The Hall–Kier alpha value is -1.24. The van der Waals surface area contributed by atoms with Crippen molar-refractivity contribution < 1.29 is 28.2 Å². The summed E-state index contributed by atoms with van der Waals surface area (Å²) in [7, 11) is 0. The highest BCUT2D eigenvalue weighted by Crippen LogP contribution is 2.36. The van der Waals surface area contributed by atoms with Gasteiger partial charge in [-0.3, -0.25) is 4.79 Å². The maximum absolute atomic E-state index is 13.0. The van der Waals surface area contributed by atoms with Gasteiger partial charge in [0.2, 0.25) is 11.8 Å². The highest BCUT2D eigenvalue weighted by molar-refractivity contribution is 5.80. The van der Waals surface area contributed by atoms with Gasteiger partial charge in [0.15, 0.2) is 6.10 Å². The minimum Gasteiger partial charge on any atom is -0.479 e. The molecule has 108 valence electrons. The minimum atomic E-state index is -2.66. The zero-order valence-electron chi connectivity index (χ0n) is 10.5. The van der Waals surface area contributed by atoms with E-state index in [1.807, 2.05) is 0 Å². The first-order chi connectivity index (χ1) is 8.89. The van der Waals surface area contributed by atoms with Gasteiger partial charge in [-0.05, 0) is 12.8 Å². The average molecular weight is 277 g/mol. The number of carbonyl (C=O) groups is 2. The van der Waals surface area contributed by atoms with Gasteiger partial charge in [-0.15, -0.1) is 0 Å². The summed E-state index contributed by atoms with van der Waals surface area (Å²) < 4.78 is 31.1. The second kappa shape index (κ2) is 5.40. The molecule has 0 spiro atoms. The zero-order valence-corrected chi connectivity index (χ0v) is 10.5.